The summed E-state index contributed by atoms with van der Waals surface area (Å²) < 4.78 is 6.73. The van der Waals surface area contributed by atoms with Gasteiger partial charge in [-0.05, 0) is 88.2 Å². The highest BCUT2D eigenvalue weighted by Crippen LogP contribution is 2.32. The largest absolute Gasteiger partial charge is 0.456 e. The fourth-order valence-corrected chi connectivity index (χ4v) is 3.23. The second-order valence-corrected chi connectivity index (χ2v) is 7.16. The predicted molar refractivity (Wildman–Crippen MR) is 107 cm³/mol. The van der Waals surface area contributed by atoms with Crippen LogP contribution >= 0.6 is 39.1 Å². The lowest BCUT2D eigenvalue weighted by atomic mass is 10.0. The summed E-state index contributed by atoms with van der Waals surface area (Å²) in [5, 5.41) is 4.35. The second kappa shape index (κ2) is 8.19. The van der Waals surface area contributed by atoms with Gasteiger partial charge in [0.2, 0.25) is 0 Å². The molecule has 0 bridgehead atoms. The third-order valence-electron chi connectivity index (χ3n) is 3.48. The van der Waals surface area contributed by atoms with Gasteiger partial charge in [-0.15, -0.1) is 0 Å². The van der Waals surface area contributed by atoms with E-state index in [1.165, 1.54) is 0 Å². The Morgan fingerprint density at radius 3 is 2.32 bits per heavy atom. The van der Waals surface area contributed by atoms with Gasteiger partial charge >= 0.3 is 0 Å². The maximum atomic E-state index is 6.14. The van der Waals surface area contributed by atoms with Crippen LogP contribution in [0.3, 0.4) is 0 Å². The number of hydrogen-bond acceptors (Lipinski definition) is 3. The minimum atomic E-state index is 0.598. The Morgan fingerprint density at radius 1 is 0.960 bits per heavy atom. The molecule has 6 heteroatoms. The van der Waals surface area contributed by atoms with E-state index in [2.05, 4.69) is 32.3 Å². The standard InChI is InChI=1S/C19H15BrCl2N2O/c1-23-10-12-4-13(14-6-15(21)9-16(22)7-14)8-18(5-12)25-17-2-3-19(20)24-11-17/h2-9,11,23H,10H2,1H3. The third-order valence-corrected chi connectivity index (χ3v) is 4.38. The van der Waals surface area contributed by atoms with E-state index in [9.17, 15) is 0 Å². The number of aromatic nitrogens is 1. The first-order chi connectivity index (χ1) is 12.0. The maximum Gasteiger partial charge on any atom is 0.145 e. The Bertz CT molecular complexity index is 865. The van der Waals surface area contributed by atoms with E-state index in [0.29, 0.717) is 15.8 Å². The molecule has 1 heterocycles. The fraction of sp³-hybridized carbons (Fsp3) is 0.105. The van der Waals surface area contributed by atoms with Crippen molar-refractivity contribution in [1.82, 2.24) is 10.3 Å². The van der Waals surface area contributed by atoms with Crippen molar-refractivity contribution < 1.29 is 4.74 Å². The molecule has 0 amide bonds. The first-order valence-corrected chi connectivity index (χ1v) is 9.13. The second-order valence-electron chi connectivity index (χ2n) is 5.47. The monoisotopic (exact) mass is 436 g/mol. The average Bonchev–Trinajstić information content (AvgIpc) is 2.56. The third kappa shape index (κ3) is 4.95. The molecule has 1 N–H and O–H groups in total. The quantitative estimate of drug-likeness (QED) is 0.473. The van der Waals surface area contributed by atoms with Crippen LogP contribution in [0.1, 0.15) is 5.56 Å². The topological polar surface area (TPSA) is 34.1 Å². The molecule has 0 radical (unpaired) electrons. The van der Waals surface area contributed by atoms with Crippen LogP contribution in [0, 0.1) is 0 Å². The van der Waals surface area contributed by atoms with Crippen molar-refractivity contribution in [2.24, 2.45) is 0 Å². The van der Waals surface area contributed by atoms with Crippen LogP contribution in [0.15, 0.2) is 59.3 Å². The summed E-state index contributed by atoms with van der Waals surface area (Å²) in [6.45, 7) is 0.719. The number of nitrogens with one attached hydrogen (secondary N) is 1. The first kappa shape index (κ1) is 18.2. The molecule has 128 valence electrons. The van der Waals surface area contributed by atoms with Gasteiger partial charge < -0.3 is 10.1 Å². The molecule has 0 unspecified atom stereocenters. The molecular formula is C19H15BrCl2N2O. The molecule has 3 aromatic rings. The SMILES string of the molecule is CNCc1cc(Oc2ccc(Br)nc2)cc(-c2cc(Cl)cc(Cl)c2)c1. The van der Waals surface area contributed by atoms with Gasteiger partial charge in [0, 0.05) is 16.6 Å². The van der Waals surface area contributed by atoms with Gasteiger partial charge in [0.1, 0.15) is 16.1 Å². The average molecular weight is 438 g/mol. The van der Waals surface area contributed by atoms with E-state index in [1.54, 1.807) is 12.3 Å². The van der Waals surface area contributed by atoms with Crippen molar-refractivity contribution in [2.75, 3.05) is 7.05 Å². The van der Waals surface area contributed by atoms with Crippen molar-refractivity contribution in [1.29, 1.82) is 0 Å². The van der Waals surface area contributed by atoms with Crippen molar-refractivity contribution >= 4 is 39.1 Å². The van der Waals surface area contributed by atoms with Crippen LogP contribution in [0.4, 0.5) is 0 Å². The van der Waals surface area contributed by atoms with E-state index in [4.69, 9.17) is 27.9 Å². The van der Waals surface area contributed by atoms with E-state index in [0.717, 1.165) is 33.6 Å². The summed E-state index contributed by atoms with van der Waals surface area (Å²) >= 11 is 15.6. The highest BCUT2D eigenvalue weighted by Gasteiger charge is 2.08. The summed E-state index contributed by atoms with van der Waals surface area (Å²) in [7, 11) is 1.90. The van der Waals surface area contributed by atoms with Crippen LogP contribution in [0.2, 0.25) is 10.0 Å². The molecule has 0 saturated carbocycles. The number of rotatable bonds is 5. The van der Waals surface area contributed by atoms with Gasteiger partial charge in [0.15, 0.2) is 0 Å². The number of halogens is 3. The normalized spacial score (nSPS) is 10.7. The zero-order chi connectivity index (χ0) is 17.8. The maximum absolute atomic E-state index is 6.14. The van der Waals surface area contributed by atoms with Gasteiger partial charge in [-0.25, -0.2) is 4.98 Å². The van der Waals surface area contributed by atoms with Crippen molar-refractivity contribution in [3.63, 3.8) is 0 Å². The smallest absolute Gasteiger partial charge is 0.145 e. The molecule has 0 aliphatic rings. The van der Waals surface area contributed by atoms with Gasteiger partial charge in [0.05, 0.1) is 6.20 Å². The van der Waals surface area contributed by atoms with Gasteiger partial charge in [-0.1, -0.05) is 23.2 Å². The molecule has 3 rings (SSSR count). The molecular weight excluding hydrogens is 423 g/mol. The number of pyridine rings is 1. The van der Waals surface area contributed by atoms with Crippen LogP contribution < -0.4 is 10.1 Å². The van der Waals surface area contributed by atoms with Crippen molar-refractivity contribution in [2.45, 2.75) is 6.54 Å². The highest BCUT2D eigenvalue weighted by atomic mass is 79.9. The zero-order valence-electron chi connectivity index (χ0n) is 13.4. The van der Waals surface area contributed by atoms with Crippen molar-refractivity contribution in [3.05, 3.63) is 74.9 Å². The molecule has 0 spiro atoms. The predicted octanol–water partition coefficient (Wildman–Crippen LogP) is 6.33. The summed E-state index contributed by atoms with van der Waals surface area (Å²) in [5.41, 5.74) is 3.02. The number of hydrogen-bond donors (Lipinski definition) is 1. The Hall–Kier alpha value is -1.59. The molecule has 3 nitrogen and oxygen atoms in total. The lowest BCUT2D eigenvalue weighted by Gasteiger charge is -2.12. The molecule has 1 aromatic heterocycles. The lowest BCUT2D eigenvalue weighted by molar-refractivity contribution is 0.479. The van der Waals surface area contributed by atoms with Crippen LogP contribution in [-0.2, 0) is 6.54 Å². The minimum absolute atomic E-state index is 0.598. The first-order valence-electron chi connectivity index (χ1n) is 7.58. The van der Waals surface area contributed by atoms with E-state index in [1.807, 2.05) is 43.4 Å². The van der Waals surface area contributed by atoms with E-state index in [-0.39, 0.29) is 0 Å². The number of nitrogens with zero attached hydrogens (tertiary/aromatic N) is 1. The number of benzene rings is 2. The molecule has 0 saturated heterocycles. The Balaban J connectivity index is 2.00. The van der Waals surface area contributed by atoms with Gasteiger partial charge in [0.25, 0.3) is 0 Å². The molecule has 2 aromatic carbocycles. The van der Waals surface area contributed by atoms with E-state index >= 15 is 0 Å². The van der Waals surface area contributed by atoms with Crippen LogP contribution in [0.5, 0.6) is 11.5 Å². The van der Waals surface area contributed by atoms with Crippen molar-refractivity contribution in [3.8, 4) is 22.6 Å². The molecule has 0 atom stereocenters. The summed E-state index contributed by atoms with van der Waals surface area (Å²) in [6, 6.07) is 15.2. The summed E-state index contributed by atoms with van der Waals surface area (Å²) in [6.07, 6.45) is 1.67. The molecule has 0 aliphatic heterocycles. The Morgan fingerprint density at radius 2 is 1.68 bits per heavy atom. The Labute approximate surface area is 165 Å². The summed E-state index contributed by atoms with van der Waals surface area (Å²) in [5.74, 6) is 1.39. The lowest BCUT2D eigenvalue weighted by Crippen LogP contribution is -2.05. The molecule has 25 heavy (non-hydrogen) atoms. The molecule has 0 aliphatic carbocycles. The van der Waals surface area contributed by atoms with Gasteiger partial charge in [-0.3, -0.25) is 0 Å². The number of ether oxygens (including phenoxy) is 1. The van der Waals surface area contributed by atoms with Crippen LogP contribution in [0.25, 0.3) is 11.1 Å². The minimum Gasteiger partial charge on any atom is -0.456 e. The summed E-state index contributed by atoms with van der Waals surface area (Å²) in [4.78, 5) is 4.18. The molecule has 0 fully saturated rings. The zero-order valence-corrected chi connectivity index (χ0v) is 16.5. The fourth-order valence-electron chi connectivity index (χ4n) is 2.47. The Kier molecular flexibility index (Phi) is 5.97. The highest BCUT2D eigenvalue weighted by molar-refractivity contribution is 9.10. The van der Waals surface area contributed by atoms with Gasteiger partial charge in [-0.2, -0.15) is 0 Å². The van der Waals surface area contributed by atoms with E-state index < -0.39 is 0 Å². The van der Waals surface area contributed by atoms with Crippen LogP contribution in [-0.4, -0.2) is 12.0 Å².